The van der Waals surface area contributed by atoms with Crippen LogP contribution in [0.5, 0.6) is 0 Å². The fourth-order valence-electron chi connectivity index (χ4n) is 4.75. The van der Waals surface area contributed by atoms with Crippen LogP contribution in [0.2, 0.25) is 0 Å². The van der Waals surface area contributed by atoms with Crippen molar-refractivity contribution >= 4 is 81.6 Å². The Hall–Kier alpha value is -5.05. The fraction of sp³-hybridized carbons (Fsp3) is 0.103. The van der Waals surface area contributed by atoms with E-state index in [0.717, 1.165) is 49.0 Å². The molecule has 0 aliphatic carbocycles. The second-order valence-corrected chi connectivity index (χ2v) is 14.5. The van der Waals surface area contributed by atoms with Crippen molar-refractivity contribution in [3.63, 3.8) is 0 Å². The molecular weight excluding hydrogens is 691 g/mol. The first-order valence-corrected chi connectivity index (χ1v) is 17.8. The number of carbonyl (C=O) groups is 2. The quantitative estimate of drug-likeness (QED) is 0.0798. The molecule has 0 spiro atoms. The van der Waals surface area contributed by atoms with Crippen LogP contribution in [0.3, 0.4) is 0 Å². The number of fused-ring (bicyclic) bond motifs is 3. The number of aromatic nitrogens is 3. The number of rotatable bonds is 10. The summed E-state index contributed by atoms with van der Waals surface area (Å²) in [5, 5.41) is 16.5. The molecule has 248 valence electrons. The maximum atomic E-state index is 12.4. The molecule has 3 N–H and O–H groups in total. The first-order chi connectivity index (χ1) is 22.3. The zero-order valence-corrected chi connectivity index (χ0v) is 27.1. The maximum absolute atomic E-state index is 12.4. The van der Waals surface area contributed by atoms with Gasteiger partial charge in [0.1, 0.15) is 25.7 Å². The minimum Gasteiger partial charge on any atom is -0.297 e. The van der Waals surface area contributed by atoms with E-state index in [0.29, 0.717) is 5.39 Å². The Morgan fingerprint density at radius 2 is 1.25 bits per heavy atom. The van der Waals surface area contributed by atoms with Gasteiger partial charge in [0.2, 0.25) is 0 Å². The van der Waals surface area contributed by atoms with Crippen LogP contribution in [0.25, 0.3) is 39.6 Å². The van der Waals surface area contributed by atoms with Gasteiger partial charge >= 0.3 is 0 Å². The van der Waals surface area contributed by atoms with Crippen LogP contribution in [0.4, 0.5) is 5.69 Å². The Bertz CT molecular complexity index is 2550. The van der Waals surface area contributed by atoms with Crippen LogP contribution in [-0.2, 0) is 39.9 Å². The van der Waals surface area contributed by atoms with E-state index in [9.17, 15) is 48.5 Å². The molecule has 0 atom stereocenters. The largest absolute Gasteiger partial charge is 0.297 e. The SMILES string of the molecule is CC(=O)C(N=Nc1ccc(C=Cc2ccc(-n3nc4cc(S(=O)(=O)O)c5ccccc5c4n3)cc2S(=O)(=O)O)c(S(=O)(=O)O)c1)C(C)=O. The Balaban J connectivity index is 1.57. The molecule has 1 heterocycles. The summed E-state index contributed by atoms with van der Waals surface area (Å²) in [5.74, 6) is -1.17. The van der Waals surface area contributed by atoms with Crippen LogP contribution in [0.15, 0.2) is 91.6 Å². The first kappa shape index (κ1) is 34.3. The monoisotopic (exact) mass is 713 g/mol. The Kier molecular flexibility index (Phi) is 8.95. The smallest absolute Gasteiger partial charge is 0.295 e. The van der Waals surface area contributed by atoms with Crippen molar-refractivity contribution in [1.82, 2.24) is 15.0 Å². The molecule has 5 rings (SSSR count). The van der Waals surface area contributed by atoms with Gasteiger partial charge in [-0.15, -0.1) is 10.2 Å². The average molecular weight is 714 g/mol. The molecule has 1 aromatic heterocycles. The molecule has 0 amide bonds. The summed E-state index contributed by atoms with van der Waals surface area (Å²) < 4.78 is 103. The van der Waals surface area contributed by atoms with Gasteiger partial charge in [-0.1, -0.05) is 48.6 Å². The second-order valence-electron chi connectivity index (χ2n) is 10.3. The van der Waals surface area contributed by atoms with Crippen LogP contribution in [-0.4, -0.2) is 71.5 Å². The predicted octanol–water partition coefficient (Wildman–Crippen LogP) is 4.11. The van der Waals surface area contributed by atoms with Gasteiger partial charge in [-0.2, -0.15) is 40.3 Å². The highest BCUT2D eigenvalue weighted by Crippen LogP contribution is 2.31. The van der Waals surface area contributed by atoms with E-state index in [1.165, 1.54) is 30.3 Å². The molecule has 0 radical (unpaired) electrons. The number of ketones is 2. The molecule has 0 saturated heterocycles. The zero-order chi connectivity index (χ0) is 35.2. The van der Waals surface area contributed by atoms with E-state index >= 15 is 0 Å². The minimum absolute atomic E-state index is 0.0243. The molecule has 0 bridgehead atoms. The van der Waals surface area contributed by atoms with Crippen molar-refractivity contribution in [3.8, 4) is 5.69 Å². The summed E-state index contributed by atoms with van der Waals surface area (Å²) in [7, 11) is -14.4. The Morgan fingerprint density at radius 1 is 0.708 bits per heavy atom. The molecule has 0 aliphatic rings. The number of hydrogen-bond acceptors (Lipinski definition) is 12. The molecule has 0 unspecified atom stereocenters. The molecule has 5 aromatic rings. The summed E-state index contributed by atoms with van der Waals surface area (Å²) in [6.45, 7) is 2.26. The normalized spacial score (nSPS) is 13.0. The van der Waals surface area contributed by atoms with Gasteiger partial charge in [-0.25, -0.2) is 0 Å². The molecule has 0 saturated carbocycles. The molecule has 0 fully saturated rings. The van der Waals surface area contributed by atoms with Gasteiger partial charge in [-0.05, 0) is 55.3 Å². The van der Waals surface area contributed by atoms with Gasteiger partial charge < -0.3 is 0 Å². The molecule has 0 aliphatic heterocycles. The molecule has 48 heavy (non-hydrogen) atoms. The van der Waals surface area contributed by atoms with E-state index < -0.39 is 62.6 Å². The highest BCUT2D eigenvalue weighted by atomic mass is 32.2. The van der Waals surface area contributed by atoms with Gasteiger partial charge in [0.25, 0.3) is 30.4 Å². The highest BCUT2D eigenvalue weighted by molar-refractivity contribution is 7.86. The summed E-state index contributed by atoms with van der Waals surface area (Å²) in [4.78, 5) is 22.5. The minimum atomic E-state index is -4.92. The van der Waals surface area contributed by atoms with E-state index in [1.807, 2.05) is 0 Å². The van der Waals surface area contributed by atoms with Gasteiger partial charge in [0.05, 0.1) is 11.4 Å². The van der Waals surface area contributed by atoms with E-state index in [-0.39, 0.29) is 38.9 Å². The number of hydrogen-bond donors (Lipinski definition) is 3. The molecule has 19 heteroatoms. The van der Waals surface area contributed by atoms with Crippen molar-refractivity contribution in [2.45, 2.75) is 34.6 Å². The van der Waals surface area contributed by atoms with E-state index in [1.54, 1.807) is 18.2 Å². The summed E-state index contributed by atoms with van der Waals surface area (Å²) in [6, 6.07) is 13.0. The Morgan fingerprint density at radius 3 is 1.81 bits per heavy atom. The number of Topliss-reactive ketones (excluding diaryl/α,β-unsaturated/α-hetero) is 2. The molecular formula is C29H23N5O11S3. The number of carbonyl (C=O) groups excluding carboxylic acids is 2. The van der Waals surface area contributed by atoms with Crippen molar-refractivity contribution in [1.29, 1.82) is 0 Å². The van der Waals surface area contributed by atoms with Crippen LogP contribution >= 0.6 is 0 Å². The predicted molar refractivity (Wildman–Crippen MR) is 171 cm³/mol. The standard InChI is InChI=1S/C29H23N5O11S3/c1-16(35)28(17(2)36)31-30-20-11-9-18(25(13-20)46(37,38)39)7-8-19-10-12-21(14-26(19)47(40,41)42)34-32-24-15-27(48(43,44)45)22-5-3-4-6-23(22)29(24)33-34/h3-15,28H,1-2H3,(H,37,38,39)(H,40,41,42)(H,43,44,45). The van der Waals surface area contributed by atoms with Crippen LogP contribution in [0, 0.1) is 0 Å². The average Bonchev–Trinajstić information content (AvgIpc) is 3.43. The number of azo groups is 1. The lowest BCUT2D eigenvalue weighted by Gasteiger charge is -2.08. The van der Waals surface area contributed by atoms with E-state index in [2.05, 4.69) is 20.4 Å². The third-order valence-corrected chi connectivity index (χ3v) is 9.63. The van der Waals surface area contributed by atoms with E-state index in [4.69, 9.17) is 0 Å². The molecule has 4 aromatic carbocycles. The van der Waals surface area contributed by atoms with Gasteiger partial charge in [-0.3, -0.25) is 23.2 Å². The van der Waals surface area contributed by atoms with Crippen molar-refractivity contribution in [2.75, 3.05) is 0 Å². The Labute approximate surface area is 272 Å². The fourth-order valence-corrected chi connectivity index (χ4v) is 6.87. The van der Waals surface area contributed by atoms with Crippen molar-refractivity contribution in [2.24, 2.45) is 10.2 Å². The van der Waals surface area contributed by atoms with Crippen LogP contribution in [0.1, 0.15) is 25.0 Å². The lowest BCUT2D eigenvalue weighted by molar-refractivity contribution is -0.126. The van der Waals surface area contributed by atoms with Crippen LogP contribution < -0.4 is 0 Å². The lowest BCUT2D eigenvalue weighted by atomic mass is 10.1. The summed E-state index contributed by atoms with van der Waals surface area (Å²) in [6.07, 6.45) is 2.30. The summed E-state index contributed by atoms with van der Waals surface area (Å²) >= 11 is 0. The molecule has 16 nitrogen and oxygen atoms in total. The maximum Gasteiger partial charge on any atom is 0.295 e. The van der Waals surface area contributed by atoms with Gasteiger partial charge in [0.15, 0.2) is 17.6 Å². The topological polar surface area (TPSA) is 253 Å². The van der Waals surface area contributed by atoms with Gasteiger partial charge in [0, 0.05) is 10.8 Å². The lowest BCUT2D eigenvalue weighted by Crippen LogP contribution is -2.23. The third kappa shape index (κ3) is 7.10. The number of nitrogens with zero attached hydrogens (tertiary/aromatic N) is 5. The number of benzene rings is 4. The third-order valence-electron chi connectivity index (χ3n) is 6.92. The second kappa shape index (κ2) is 12.5. The summed E-state index contributed by atoms with van der Waals surface area (Å²) in [5.41, 5.74) is -0.0558. The highest BCUT2D eigenvalue weighted by Gasteiger charge is 2.22. The van der Waals surface area contributed by atoms with Crippen molar-refractivity contribution < 1.29 is 48.5 Å². The van der Waals surface area contributed by atoms with Crippen molar-refractivity contribution in [3.05, 3.63) is 77.9 Å². The zero-order valence-electron chi connectivity index (χ0n) is 24.7. The first-order valence-electron chi connectivity index (χ1n) is 13.4.